The van der Waals surface area contributed by atoms with Crippen LogP contribution in [0.4, 0.5) is 5.69 Å². The Morgan fingerprint density at radius 3 is 2.45 bits per heavy atom. The fraction of sp³-hybridized carbons (Fsp3) is 0.235. The zero-order valence-electron chi connectivity index (χ0n) is 12.1. The molecule has 0 saturated carbocycles. The Labute approximate surface area is 124 Å². The Hall–Kier alpha value is -1.74. The molecule has 2 aromatic rings. The maximum absolute atomic E-state index is 4.90. The minimum atomic E-state index is 0.924. The van der Waals surface area contributed by atoms with Gasteiger partial charge in [-0.3, -0.25) is 0 Å². The van der Waals surface area contributed by atoms with E-state index in [1.54, 1.807) is 11.8 Å². The lowest BCUT2D eigenvalue weighted by atomic mass is 10.1. The number of aryl methyl sites for hydroxylation is 2. The maximum Gasteiger partial charge on any atom is 0.169 e. The van der Waals surface area contributed by atoms with Crippen LogP contribution in [-0.4, -0.2) is 17.1 Å². The third-order valence-corrected chi connectivity index (χ3v) is 4.76. The van der Waals surface area contributed by atoms with Gasteiger partial charge in [0, 0.05) is 18.5 Å². The van der Waals surface area contributed by atoms with Crippen molar-refractivity contribution < 1.29 is 0 Å². The molecule has 1 aliphatic rings. The number of thioether (sulfide) groups is 1. The molecule has 0 radical (unpaired) electrons. The number of rotatable bonds is 1. The summed E-state index contributed by atoms with van der Waals surface area (Å²) in [5, 5.41) is 1.07. The number of amidine groups is 1. The average Bonchev–Trinajstić information content (AvgIpc) is 2.43. The Balaban J connectivity index is 2.01. The summed E-state index contributed by atoms with van der Waals surface area (Å²) in [5.41, 5.74) is 4.93. The van der Waals surface area contributed by atoms with Gasteiger partial charge in [-0.05, 0) is 36.6 Å². The molecule has 0 amide bonds. The number of hydrogen-bond donors (Lipinski definition) is 0. The highest BCUT2D eigenvalue weighted by Crippen LogP contribution is 2.34. The van der Waals surface area contributed by atoms with E-state index >= 15 is 0 Å². The molecule has 1 heterocycles. The third kappa shape index (κ3) is 2.46. The van der Waals surface area contributed by atoms with Crippen molar-refractivity contribution in [3.8, 4) is 0 Å². The lowest BCUT2D eigenvalue weighted by Gasteiger charge is -2.27. The van der Waals surface area contributed by atoms with Gasteiger partial charge < -0.3 is 4.90 Å². The second-order valence-corrected chi connectivity index (χ2v) is 6.21. The van der Waals surface area contributed by atoms with Crippen LogP contribution in [0.25, 0.3) is 0 Å². The minimum Gasteiger partial charge on any atom is -0.350 e. The molecule has 0 unspecified atom stereocenters. The smallest absolute Gasteiger partial charge is 0.169 e. The first-order valence-electron chi connectivity index (χ1n) is 6.77. The average molecular weight is 282 g/mol. The summed E-state index contributed by atoms with van der Waals surface area (Å²) in [6.07, 6.45) is 0. The number of aliphatic imine (C=N–C) groups is 1. The highest BCUT2D eigenvalue weighted by atomic mass is 32.2. The number of benzene rings is 2. The highest BCUT2D eigenvalue weighted by molar-refractivity contribution is 8.14. The van der Waals surface area contributed by atoms with Gasteiger partial charge in [-0.15, -0.1) is 0 Å². The largest absolute Gasteiger partial charge is 0.350 e. The summed E-state index contributed by atoms with van der Waals surface area (Å²) in [6, 6.07) is 14.9. The SMILES string of the molecule is Cc1cccc(C)c1N=C1Sc2ccccc2CN1C. The summed E-state index contributed by atoms with van der Waals surface area (Å²) in [6.45, 7) is 5.16. The van der Waals surface area contributed by atoms with Gasteiger partial charge in [0.15, 0.2) is 5.17 Å². The number of nitrogens with zero attached hydrogens (tertiary/aromatic N) is 2. The van der Waals surface area contributed by atoms with Crippen molar-refractivity contribution >= 4 is 22.6 Å². The molecule has 2 nitrogen and oxygen atoms in total. The van der Waals surface area contributed by atoms with Gasteiger partial charge in [0.1, 0.15) is 0 Å². The van der Waals surface area contributed by atoms with Crippen molar-refractivity contribution in [3.63, 3.8) is 0 Å². The van der Waals surface area contributed by atoms with E-state index < -0.39 is 0 Å². The van der Waals surface area contributed by atoms with E-state index in [9.17, 15) is 0 Å². The normalized spacial score (nSPS) is 16.4. The topological polar surface area (TPSA) is 15.6 Å². The third-order valence-electron chi connectivity index (χ3n) is 3.55. The van der Waals surface area contributed by atoms with E-state index in [0.717, 1.165) is 17.4 Å². The molecule has 3 rings (SSSR count). The predicted molar refractivity (Wildman–Crippen MR) is 86.8 cm³/mol. The Kier molecular flexibility index (Phi) is 3.53. The molecule has 0 bridgehead atoms. The second kappa shape index (κ2) is 5.33. The summed E-state index contributed by atoms with van der Waals surface area (Å²) in [7, 11) is 2.11. The fourth-order valence-corrected chi connectivity index (χ4v) is 3.38. The van der Waals surface area contributed by atoms with Crippen LogP contribution < -0.4 is 0 Å². The van der Waals surface area contributed by atoms with Crippen molar-refractivity contribution in [2.24, 2.45) is 4.99 Å². The molecule has 0 fully saturated rings. The first-order chi connectivity index (χ1) is 9.65. The summed E-state index contributed by atoms with van der Waals surface area (Å²) < 4.78 is 0. The number of para-hydroxylation sites is 1. The minimum absolute atomic E-state index is 0.924. The van der Waals surface area contributed by atoms with Crippen LogP contribution in [0.1, 0.15) is 16.7 Å². The monoisotopic (exact) mass is 282 g/mol. The van der Waals surface area contributed by atoms with Crippen LogP contribution in [-0.2, 0) is 6.54 Å². The summed E-state index contributed by atoms with van der Waals surface area (Å²) in [4.78, 5) is 8.44. The van der Waals surface area contributed by atoms with Gasteiger partial charge in [-0.2, -0.15) is 0 Å². The molecule has 102 valence electrons. The van der Waals surface area contributed by atoms with E-state index in [-0.39, 0.29) is 0 Å². The van der Waals surface area contributed by atoms with Crippen LogP contribution in [0.2, 0.25) is 0 Å². The molecule has 2 aromatic carbocycles. The lowest BCUT2D eigenvalue weighted by Crippen LogP contribution is -2.27. The molecule has 0 N–H and O–H groups in total. The van der Waals surface area contributed by atoms with Crippen molar-refractivity contribution in [1.29, 1.82) is 0 Å². The van der Waals surface area contributed by atoms with Gasteiger partial charge >= 0.3 is 0 Å². The lowest BCUT2D eigenvalue weighted by molar-refractivity contribution is 0.501. The van der Waals surface area contributed by atoms with Crippen molar-refractivity contribution in [2.45, 2.75) is 25.3 Å². The molecule has 20 heavy (non-hydrogen) atoms. The van der Waals surface area contributed by atoms with E-state index in [0.29, 0.717) is 0 Å². The van der Waals surface area contributed by atoms with Crippen LogP contribution in [0.15, 0.2) is 52.4 Å². The first kappa shape index (κ1) is 13.3. The Morgan fingerprint density at radius 2 is 1.70 bits per heavy atom. The van der Waals surface area contributed by atoms with Crippen molar-refractivity contribution in [1.82, 2.24) is 4.90 Å². The van der Waals surface area contributed by atoms with Gasteiger partial charge in [-0.1, -0.05) is 48.2 Å². The molecule has 0 aromatic heterocycles. The summed E-state index contributed by atoms with van der Waals surface area (Å²) >= 11 is 1.75. The second-order valence-electron chi connectivity index (χ2n) is 5.20. The number of hydrogen-bond acceptors (Lipinski definition) is 2. The standard InChI is InChI=1S/C17H18N2S/c1-12-7-6-8-13(2)16(12)18-17-19(3)11-14-9-4-5-10-15(14)20-17/h4-10H,11H2,1-3H3. The molecular weight excluding hydrogens is 264 g/mol. The first-order valence-corrected chi connectivity index (χ1v) is 7.58. The number of fused-ring (bicyclic) bond motifs is 1. The predicted octanol–water partition coefficient (Wildman–Crippen LogP) is 4.53. The molecule has 0 atom stereocenters. The summed E-state index contributed by atoms with van der Waals surface area (Å²) in [5.74, 6) is 0. The molecule has 0 spiro atoms. The van der Waals surface area contributed by atoms with Gasteiger partial charge in [-0.25, -0.2) is 4.99 Å². The van der Waals surface area contributed by atoms with E-state index in [2.05, 4.69) is 68.3 Å². The quantitative estimate of drug-likeness (QED) is 0.763. The molecular formula is C17H18N2S. The van der Waals surface area contributed by atoms with Crippen LogP contribution in [0.3, 0.4) is 0 Å². The molecule has 0 aliphatic carbocycles. The highest BCUT2D eigenvalue weighted by Gasteiger charge is 2.19. The molecule has 3 heteroatoms. The van der Waals surface area contributed by atoms with Crippen LogP contribution >= 0.6 is 11.8 Å². The zero-order valence-corrected chi connectivity index (χ0v) is 12.9. The van der Waals surface area contributed by atoms with Crippen molar-refractivity contribution in [3.05, 3.63) is 59.2 Å². The fourth-order valence-electron chi connectivity index (χ4n) is 2.42. The van der Waals surface area contributed by atoms with Gasteiger partial charge in [0.25, 0.3) is 0 Å². The van der Waals surface area contributed by atoms with Crippen LogP contribution in [0, 0.1) is 13.8 Å². The van der Waals surface area contributed by atoms with Gasteiger partial charge in [0.05, 0.1) is 5.69 Å². The molecule has 0 saturated heterocycles. The molecule has 1 aliphatic heterocycles. The maximum atomic E-state index is 4.90. The Morgan fingerprint density at radius 1 is 1.00 bits per heavy atom. The van der Waals surface area contributed by atoms with E-state index in [4.69, 9.17) is 4.99 Å². The van der Waals surface area contributed by atoms with E-state index in [1.165, 1.54) is 21.6 Å². The van der Waals surface area contributed by atoms with E-state index in [1.807, 2.05) is 0 Å². The van der Waals surface area contributed by atoms with Gasteiger partial charge in [0.2, 0.25) is 0 Å². The van der Waals surface area contributed by atoms with Crippen molar-refractivity contribution in [2.75, 3.05) is 7.05 Å². The Bertz CT molecular complexity index is 656. The van der Waals surface area contributed by atoms with Crippen LogP contribution in [0.5, 0.6) is 0 Å². The zero-order chi connectivity index (χ0) is 14.1.